The highest BCUT2D eigenvalue weighted by Gasteiger charge is 2.13. The lowest BCUT2D eigenvalue weighted by molar-refractivity contribution is 0.0950. The predicted octanol–water partition coefficient (Wildman–Crippen LogP) is 0.953. The van der Waals surface area contributed by atoms with E-state index in [0.29, 0.717) is 12.1 Å². The van der Waals surface area contributed by atoms with Gasteiger partial charge in [0.25, 0.3) is 5.91 Å². The number of fused-ring (bicyclic) bond motifs is 1. The number of carbonyl (C=O) groups is 1. The van der Waals surface area contributed by atoms with Crippen molar-refractivity contribution in [2.24, 2.45) is 7.05 Å². The zero-order valence-corrected chi connectivity index (χ0v) is 10.8. The number of aromatic nitrogens is 2. The van der Waals surface area contributed by atoms with Crippen LogP contribution in [0, 0.1) is 0 Å². The number of benzene rings is 1. The van der Waals surface area contributed by atoms with Crippen LogP contribution in [-0.2, 0) is 26.7 Å². The first-order valence-corrected chi connectivity index (χ1v) is 6.31. The third kappa shape index (κ3) is 2.37. The largest absolute Gasteiger partial charge is 0.346 e. The molecule has 0 aliphatic carbocycles. The minimum atomic E-state index is -0.0455. The van der Waals surface area contributed by atoms with Gasteiger partial charge in [-0.25, -0.2) is 0 Å². The fourth-order valence-corrected chi connectivity index (χ4v) is 2.28. The Balaban J connectivity index is 1.69. The molecule has 98 valence electrons. The summed E-state index contributed by atoms with van der Waals surface area (Å²) in [5.74, 6) is -0.0455. The molecule has 0 spiro atoms. The summed E-state index contributed by atoms with van der Waals surface area (Å²) in [5.41, 5.74) is 4.19. The molecule has 1 aliphatic rings. The maximum atomic E-state index is 12.1. The van der Waals surface area contributed by atoms with Gasteiger partial charge in [0.2, 0.25) is 0 Å². The predicted molar refractivity (Wildman–Crippen MR) is 71.4 cm³/mol. The molecule has 5 nitrogen and oxygen atoms in total. The van der Waals surface area contributed by atoms with E-state index in [1.165, 1.54) is 11.1 Å². The summed E-state index contributed by atoms with van der Waals surface area (Å²) in [6, 6.07) is 7.76. The zero-order chi connectivity index (χ0) is 13.2. The summed E-state index contributed by atoms with van der Waals surface area (Å²) >= 11 is 0. The molecule has 19 heavy (non-hydrogen) atoms. The molecule has 0 radical (unpaired) electrons. The van der Waals surface area contributed by atoms with E-state index in [1.807, 2.05) is 31.3 Å². The second kappa shape index (κ2) is 4.85. The van der Waals surface area contributed by atoms with Gasteiger partial charge in [-0.05, 0) is 29.3 Å². The van der Waals surface area contributed by atoms with Gasteiger partial charge in [0, 0.05) is 31.9 Å². The molecule has 5 heteroatoms. The lowest BCUT2D eigenvalue weighted by Crippen LogP contribution is -2.24. The van der Waals surface area contributed by atoms with Crippen molar-refractivity contribution >= 4 is 5.91 Å². The van der Waals surface area contributed by atoms with E-state index in [0.717, 1.165) is 18.8 Å². The molecular weight excluding hydrogens is 240 g/mol. The van der Waals surface area contributed by atoms with Crippen molar-refractivity contribution in [1.29, 1.82) is 0 Å². The second-order valence-corrected chi connectivity index (χ2v) is 4.72. The van der Waals surface area contributed by atoms with Gasteiger partial charge < -0.3 is 10.6 Å². The van der Waals surface area contributed by atoms with Crippen LogP contribution in [-0.4, -0.2) is 15.7 Å². The Kier molecular flexibility index (Phi) is 3.05. The van der Waals surface area contributed by atoms with Crippen LogP contribution in [0.1, 0.15) is 27.2 Å². The molecule has 0 fully saturated rings. The average Bonchev–Trinajstić information content (AvgIpc) is 3.03. The molecule has 2 N–H and O–H groups in total. The summed E-state index contributed by atoms with van der Waals surface area (Å²) in [4.78, 5) is 12.1. The third-order valence-corrected chi connectivity index (χ3v) is 3.45. The van der Waals surface area contributed by atoms with Gasteiger partial charge in [0.05, 0.1) is 12.2 Å². The summed E-state index contributed by atoms with van der Waals surface area (Å²) in [7, 11) is 1.86. The minimum Gasteiger partial charge on any atom is -0.346 e. The van der Waals surface area contributed by atoms with Crippen LogP contribution in [0.15, 0.2) is 30.5 Å². The van der Waals surface area contributed by atoms with Crippen molar-refractivity contribution in [1.82, 2.24) is 20.4 Å². The topological polar surface area (TPSA) is 59.0 Å². The fourth-order valence-electron chi connectivity index (χ4n) is 2.28. The van der Waals surface area contributed by atoms with E-state index in [2.05, 4.69) is 15.7 Å². The van der Waals surface area contributed by atoms with Crippen LogP contribution in [0.2, 0.25) is 0 Å². The normalized spacial score (nSPS) is 13.3. The van der Waals surface area contributed by atoms with Crippen LogP contribution in [0.5, 0.6) is 0 Å². The molecule has 3 rings (SSSR count). The summed E-state index contributed by atoms with van der Waals surface area (Å²) in [5, 5.41) is 10.3. The first kappa shape index (κ1) is 11.9. The molecule has 1 aromatic heterocycles. The Morgan fingerprint density at radius 3 is 3.00 bits per heavy atom. The van der Waals surface area contributed by atoms with Crippen molar-refractivity contribution in [3.8, 4) is 0 Å². The van der Waals surface area contributed by atoms with Gasteiger partial charge in [0.15, 0.2) is 0 Å². The van der Waals surface area contributed by atoms with E-state index >= 15 is 0 Å². The molecule has 1 aliphatic heterocycles. The SMILES string of the molecule is Cn1nccc1CNC(=O)c1ccc2c(c1)CNC2. The van der Waals surface area contributed by atoms with Gasteiger partial charge in [-0.2, -0.15) is 5.10 Å². The quantitative estimate of drug-likeness (QED) is 0.859. The van der Waals surface area contributed by atoms with Crippen LogP contribution < -0.4 is 10.6 Å². The zero-order valence-electron chi connectivity index (χ0n) is 10.8. The molecule has 2 aromatic rings. The van der Waals surface area contributed by atoms with E-state index in [1.54, 1.807) is 10.9 Å². The lowest BCUT2D eigenvalue weighted by atomic mass is 10.1. The van der Waals surface area contributed by atoms with E-state index in [-0.39, 0.29) is 5.91 Å². The summed E-state index contributed by atoms with van der Waals surface area (Å²) in [6.45, 7) is 2.23. The number of amides is 1. The highest BCUT2D eigenvalue weighted by Crippen LogP contribution is 2.17. The Labute approximate surface area is 111 Å². The molecule has 0 saturated carbocycles. The Bertz CT molecular complexity index is 618. The minimum absolute atomic E-state index is 0.0455. The third-order valence-electron chi connectivity index (χ3n) is 3.45. The van der Waals surface area contributed by atoms with E-state index < -0.39 is 0 Å². The first-order valence-electron chi connectivity index (χ1n) is 6.31. The Hall–Kier alpha value is -2.14. The number of carbonyl (C=O) groups excluding carboxylic acids is 1. The highest BCUT2D eigenvalue weighted by molar-refractivity contribution is 5.94. The standard InChI is InChI=1S/C14H16N4O/c1-18-13(4-5-17-18)9-16-14(19)10-2-3-11-7-15-8-12(11)6-10/h2-6,15H,7-9H2,1H3,(H,16,19). The molecular formula is C14H16N4O. The lowest BCUT2D eigenvalue weighted by Gasteiger charge is -2.07. The molecule has 0 saturated heterocycles. The summed E-state index contributed by atoms with van der Waals surface area (Å²) < 4.78 is 1.76. The maximum Gasteiger partial charge on any atom is 0.251 e. The van der Waals surface area contributed by atoms with Crippen LogP contribution in [0.25, 0.3) is 0 Å². The van der Waals surface area contributed by atoms with Gasteiger partial charge in [0.1, 0.15) is 0 Å². The van der Waals surface area contributed by atoms with Crippen molar-refractivity contribution in [3.63, 3.8) is 0 Å². The number of aryl methyl sites for hydroxylation is 1. The van der Waals surface area contributed by atoms with E-state index in [4.69, 9.17) is 0 Å². The molecule has 0 unspecified atom stereocenters. The highest BCUT2D eigenvalue weighted by atomic mass is 16.1. The smallest absolute Gasteiger partial charge is 0.251 e. The van der Waals surface area contributed by atoms with Gasteiger partial charge in [-0.15, -0.1) is 0 Å². The monoisotopic (exact) mass is 256 g/mol. The van der Waals surface area contributed by atoms with Crippen LogP contribution in [0.3, 0.4) is 0 Å². The fraction of sp³-hybridized carbons (Fsp3) is 0.286. The van der Waals surface area contributed by atoms with Crippen LogP contribution >= 0.6 is 0 Å². The van der Waals surface area contributed by atoms with Gasteiger partial charge >= 0.3 is 0 Å². The van der Waals surface area contributed by atoms with Crippen molar-refractivity contribution in [3.05, 3.63) is 52.8 Å². The number of rotatable bonds is 3. The van der Waals surface area contributed by atoms with E-state index in [9.17, 15) is 4.79 Å². The molecule has 0 bridgehead atoms. The second-order valence-electron chi connectivity index (χ2n) is 4.72. The van der Waals surface area contributed by atoms with Crippen molar-refractivity contribution < 1.29 is 4.79 Å². The molecule has 0 atom stereocenters. The van der Waals surface area contributed by atoms with Gasteiger partial charge in [-0.1, -0.05) is 6.07 Å². The number of hydrogen-bond donors (Lipinski definition) is 2. The van der Waals surface area contributed by atoms with Crippen molar-refractivity contribution in [2.45, 2.75) is 19.6 Å². The average molecular weight is 256 g/mol. The number of nitrogens with one attached hydrogen (secondary N) is 2. The molecule has 1 amide bonds. The Morgan fingerprint density at radius 1 is 1.37 bits per heavy atom. The first-order chi connectivity index (χ1) is 9.24. The summed E-state index contributed by atoms with van der Waals surface area (Å²) in [6.07, 6.45) is 1.72. The number of nitrogens with zero attached hydrogens (tertiary/aromatic N) is 2. The number of hydrogen-bond acceptors (Lipinski definition) is 3. The maximum absolute atomic E-state index is 12.1. The van der Waals surface area contributed by atoms with Gasteiger partial charge in [-0.3, -0.25) is 9.48 Å². The molecule has 1 aromatic carbocycles. The Morgan fingerprint density at radius 2 is 2.21 bits per heavy atom. The molecule has 2 heterocycles. The van der Waals surface area contributed by atoms with Crippen LogP contribution in [0.4, 0.5) is 0 Å². The van der Waals surface area contributed by atoms with Crippen molar-refractivity contribution in [2.75, 3.05) is 0 Å².